The Labute approximate surface area is 149 Å². The molecule has 0 aliphatic carbocycles. The van der Waals surface area contributed by atoms with E-state index in [1.165, 1.54) is 27.1 Å². The lowest BCUT2D eigenvalue weighted by atomic mass is 10.0. The molecule has 0 saturated carbocycles. The second kappa shape index (κ2) is 6.44. The van der Waals surface area contributed by atoms with Crippen LogP contribution in [0.3, 0.4) is 0 Å². The third-order valence-corrected chi connectivity index (χ3v) is 6.88. The Morgan fingerprint density at radius 2 is 2.17 bits per heavy atom. The number of thiophene rings is 1. The van der Waals surface area contributed by atoms with Crippen LogP contribution < -0.4 is 0 Å². The zero-order valence-electron chi connectivity index (χ0n) is 13.8. The van der Waals surface area contributed by atoms with E-state index < -0.39 is 0 Å². The summed E-state index contributed by atoms with van der Waals surface area (Å²) in [7, 11) is 4.36. The Balaban J connectivity index is 1.72. The lowest BCUT2D eigenvalue weighted by molar-refractivity contribution is 0.122. The van der Waals surface area contributed by atoms with Crippen LogP contribution in [0.5, 0.6) is 5.88 Å². The molecule has 0 spiro atoms. The number of aromatic nitrogens is 3. The van der Waals surface area contributed by atoms with E-state index in [4.69, 9.17) is 0 Å². The SMILES string of the molecule is CN1CCC(N(C)C(c2cccs2)c2sc3ncnn3c2O)CC1. The second-order valence-corrected chi connectivity index (χ2v) is 8.35. The lowest BCUT2D eigenvalue weighted by Crippen LogP contribution is -2.43. The van der Waals surface area contributed by atoms with Gasteiger partial charge in [-0.15, -0.1) is 11.3 Å². The fraction of sp³-hybridized carbons (Fsp3) is 0.500. The maximum absolute atomic E-state index is 10.7. The van der Waals surface area contributed by atoms with Crippen molar-refractivity contribution in [1.29, 1.82) is 0 Å². The van der Waals surface area contributed by atoms with Crippen molar-refractivity contribution >= 4 is 27.6 Å². The Hall–Kier alpha value is -1.48. The quantitative estimate of drug-likeness (QED) is 0.772. The average Bonchev–Trinajstić information content (AvgIpc) is 3.30. The molecule has 3 aromatic heterocycles. The van der Waals surface area contributed by atoms with Crippen molar-refractivity contribution in [2.75, 3.05) is 27.2 Å². The Kier molecular flexibility index (Phi) is 4.29. The summed E-state index contributed by atoms with van der Waals surface area (Å²) in [6.07, 6.45) is 3.78. The van der Waals surface area contributed by atoms with E-state index in [1.807, 2.05) is 0 Å². The largest absolute Gasteiger partial charge is 0.492 e. The van der Waals surface area contributed by atoms with Crippen LogP contribution in [0.2, 0.25) is 0 Å². The predicted octanol–water partition coefficient (Wildman–Crippen LogP) is 2.67. The van der Waals surface area contributed by atoms with Gasteiger partial charge < -0.3 is 10.0 Å². The molecule has 1 N–H and O–H groups in total. The monoisotopic (exact) mass is 363 g/mol. The topological polar surface area (TPSA) is 56.9 Å². The van der Waals surface area contributed by atoms with Gasteiger partial charge in [-0.2, -0.15) is 9.61 Å². The smallest absolute Gasteiger partial charge is 0.230 e. The van der Waals surface area contributed by atoms with Gasteiger partial charge in [0.25, 0.3) is 0 Å². The number of piperidine rings is 1. The van der Waals surface area contributed by atoms with E-state index in [-0.39, 0.29) is 11.9 Å². The first-order valence-corrected chi connectivity index (χ1v) is 9.80. The van der Waals surface area contributed by atoms with Crippen LogP contribution in [0.25, 0.3) is 4.96 Å². The van der Waals surface area contributed by atoms with Crippen molar-refractivity contribution in [3.63, 3.8) is 0 Å². The molecule has 1 unspecified atom stereocenters. The molecule has 4 rings (SSSR count). The summed E-state index contributed by atoms with van der Waals surface area (Å²) in [4.78, 5) is 11.9. The van der Waals surface area contributed by atoms with Crippen molar-refractivity contribution in [1.82, 2.24) is 24.4 Å². The maximum Gasteiger partial charge on any atom is 0.230 e. The van der Waals surface area contributed by atoms with Crippen LogP contribution in [0.4, 0.5) is 0 Å². The summed E-state index contributed by atoms with van der Waals surface area (Å²) in [6, 6.07) is 4.78. The molecule has 0 radical (unpaired) electrons. The maximum atomic E-state index is 10.7. The van der Waals surface area contributed by atoms with Gasteiger partial charge in [-0.25, -0.2) is 4.98 Å². The molecule has 8 heteroatoms. The van der Waals surface area contributed by atoms with E-state index >= 15 is 0 Å². The van der Waals surface area contributed by atoms with Gasteiger partial charge in [0.1, 0.15) is 6.33 Å². The summed E-state index contributed by atoms with van der Waals surface area (Å²) in [6.45, 7) is 2.24. The fourth-order valence-electron chi connectivity index (χ4n) is 3.45. The number of thiazole rings is 1. The van der Waals surface area contributed by atoms with Gasteiger partial charge in [-0.3, -0.25) is 4.90 Å². The predicted molar refractivity (Wildman–Crippen MR) is 97.0 cm³/mol. The highest BCUT2D eigenvalue weighted by atomic mass is 32.1. The van der Waals surface area contributed by atoms with Crippen LogP contribution in [0.15, 0.2) is 23.8 Å². The van der Waals surface area contributed by atoms with Crippen LogP contribution in [-0.4, -0.2) is 62.7 Å². The molecule has 1 saturated heterocycles. The Morgan fingerprint density at radius 1 is 1.38 bits per heavy atom. The molecule has 1 atom stereocenters. The highest BCUT2D eigenvalue weighted by molar-refractivity contribution is 7.17. The molecule has 128 valence electrons. The third kappa shape index (κ3) is 2.73. The van der Waals surface area contributed by atoms with Crippen LogP contribution in [-0.2, 0) is 0 Å². The number of hydrogen-bond acceptors (Lipinski definition) is 7. The minimum atomic E-state index is 0.0481. The first-order valence-electron chi connectivity index (χ1n) is 8.10. The number of aromatic hydroxyl groups is 1. The van der Waals surface area contributed by atoms with E-state index in [1.54, 1.807) is 11.3 Å². The van der Waals surface area contributed by atoms with Gasteiger partial charge in [-0.05, 0) is 51.5 Å². The molecular weight excluding hydrogens is 342 g/mol. The van der Waals surface area contributed by atoms with Crippen LogP contribution >= 0.6 is 22.7 Å². The number of likely N-dealkylation sites (tertiary alicyclic amines) is 1. The summed E-state index contributed by atoms with van der Waals surface area (Å²) in [5.74, 6) is 0.214. The van der Waals surface area contributed by atoms with Gasteiger partial charge in [0.2, 0.25) is 10.8 Å². The van der Waals surface area contributed by atoms with E-state index in [0.29, 0.717) is 6.04 Å². The molecule has 3 aromatic rings. The minimum Gasteiger partial charge on any atom is -0.492 e. The summed E-state index contributed by atoms with van der Waals surface area (Å²) in [5.41, 5.74) is 0. The molecule has 0 bridgehead atoms. The summed E-state index contributed by atoms with van der Waals surface area (Å²) in [5, 5.41) is 16.9. The van der Waals surface area contributed by atoms with Crippen molar-refractivity contribution in [2.45, 2.75) is 24.9 Å². The zero-order valence-corrected chi connectivity index (χ0v) is 15.4. The van der Waals surface area contributed by atoms with Crippen LogP contribution in [0, 0.1) is 0 Å². The molecule has 1 aliphatic rings. The first-order chi connectivity index (χ1) is 11.6. The lowest BCUT2D eigenvalue weighted by Gasteiger charge is -2.38. The van der Waals surface area contributed by atoms with Crippen LogP contribution in [0.1, 0.15) is 28.6 Å². The van der Waals surface area contributed by atoms with Gasteiger partial charge in [-0.1, -0.05) is 17.4 Å². The van der Waals surface area contributed by atoms with E-state index in [2.05, 4.69) is 51.5 Å². The number of fused-ring (bicyclic) bond motifs is 1. The van der Waals surface area contributed by atoms with Gasteiger partial charge in [0.15, 0.2) is 0 Å². The highest BCUT2D eigenvalue weighted by Crippen LogP contribution is 2.42. The summed E-state index contributed by atoms with van der Waals surface area (Å²) < 4.78 is 1.53. The van der Waals surface area contributed by atoms with Gasteiger partial charge in [0.05, 0.1) is 10.9 Å². The van der Waals surface area contributed by atoms with Crippen molar-refractivity contribution < 1.29 is 5.11 Å². The molecule has 1 fully saturated rings. The van der Waals surface area contributed by atoms with Gasteiger partial charge in [0, 0.05) is 10.9 Å². The second-order valence-electron chi connectivity index (χ2n) is 6.36. The molecule has 0 amide bonds. The number of rotatable bonds is 4. The highest BCUT2D eigenvalue weighted by Gasteiger charge is 2.32. The zero-order chi connectivity index (χ0) is 16.7. The molecule has 4 heterocycles. The normalized spacial score (nSPS) is 18.6. The van der Waals surface area contributed by atoms with E-state index in [0.717, 1.165) is 35.8 Å². The fourth-order valence-corrected chi connectivity index (χ4v) is 5.51. The number of hydrogen-bond donors (Lipinski definition) is 1. The van der Waals surface area contributed by atoms with E-state index in [9.17, 15) is 5.11 Å². The van der Waals surface area contributed by atoms with Crippen molar-refractivity contribution in [3.8, 4) is 5.88 Å². The van der Waals surface area contributed by atoms with Crippen molar-refractivity contribution in [3.05, 3.63) is 33.6 Å². The molecular formula is C16H21N5OS2. The molecule has 6 nitrogen and oxygen atoms in total. The standard InChI is InChI=1S/C16H21N5OS2/c1-19-7-5-11(6-8-19)20(2)13(12-4-3-9-23-12)14-15(22)21-16(24-14)17-10-18-21/h3-4,9-11,13,22H,5-8H2,1-2H3. The van der Waals surface area contributed by atoms with Gasteiger partial charge >= 0.3 is 0 Å². The molecule has 24 heavy (non-hydrogen) atoms. The first kappa shape index (κ1) is 16.0. The molecule has 0 aromatic carbocycles. The Bertz CT molecular complexity index is 804. The third-order valence-electron chi connectivity index (χ3n) is 4.87. The molecule has 1 aliphatic heterocycles. The number of nitrogens with zero attached hydrogens (tertiary/aromatic N) is 5. The Morgan fingerprint density at radius 3 is 2.83 bits per heavy atom. The summed E-state index contributed by atoms with van der Waals surface area (Å²) >= 11 is 3.26. The minimum absolute atomic E-state index is 0.0481. The van der Waals surface area contributed by atoms with Crippen molar-refractivity contribution in [2.24, 2.45) is 0 Å². The average molecular weight is 364 g/mol.